The molecule has 0 saturated heterocycles. The van der Waals surface area contributed by atoms with Gasteiger partial charge >= 0.3 is 5.97 Å². The Morgan fingerprint density at radius 3 is 2.76 bits per heavy atom. The molecule has 3 atom stereocenters. The van der Waals surface area contributed by atoms with Crippen molar-refractivity contribution in [2.24, 2.45) is 11.8 Å². The van der Waals surface area contributed by atoms with Gasteiger partial charge in [-0.1, -0.05) is 13.8 Å². The molecule has 0 spiro atoms. The normalized spacial score (nSPS) is 26.0. The van der Waals surface area contributed by atoms with Gasteiger partial charge < -0.3 is 9.84 Å². The van der Waals surface area contributed by atoms with Crippen molar-refractivity contribution < 1.29 is 14.6 Å². The molecular weight excluding hydrogens is 266 g/mol. The number of carbonyl (C=O) groups is 1. The van der Waals surface area contributed by atoms with Crippen LogP contribution < -0.4 is 4.74 Å². The second kappa shape index (κ2) is 6.74. The minimum absolute atomic E-state index is 0.192. The maximum Gasteiger partial charge on any atom is 0.328 e. The van der Waals surface area contributed by atoms with Crippen molar-refractivity contribution >= 4 is 12.0 Å². The van der Waals surface area contributed by atoms with Crippen molar-refractivity contribution in [1.82, 2.24) is 4.98 Å². The van der Waals surface area contributed by atoms with Crippen LogP contribution in [0.1, 0.15) is 44.5 Å². The molecule has 0 radical (unpaired) electrons. The lowest BCUT2D eigenvalue weighted by molar-refractivity contribution is -0.131. The van der Waals surface area contributed by atoms with Gasteiger partial charge in [0.05, 0.1) is 6.10 Å². The molecular formula is C17H23NO3. The summed E-state index contributed by atoms with van der Waals surface area (Å²) in [6, 6.07) is 3.77. The Morgan fingerprint density at radius 1 is 1.33 bits per heavy atom. The van der Waals surface area contributed by atoms with Crippen LogP contribution in [-0.2, 0) is 4.79 Å². The summed E-state index contributed by atoms with van der Waals surface area (Å²) in [5.41, 5.74) is 1.43. The Kier molecular flexibility index (Phi) is 4.99. The second-order valence-electron chi connectivity index (χ2n) is 6.02. The first kappa shape index (κ1) is 15.5. The lowest BCUT2D eigenvalue weighted by Gasteiger charge is -2.32. The highest BCUT2D eigenvalue weighted by Gasteiger charge is 2.26. The summed E-state index contributed by atoms with van der Waals surface area (Å²) in [5, 5.41) is 8.76. The summed E-state index contributed by atoms with van der Waals surface area (Å²) in [5.74, 6) is 1.08. The predicted molar refractivity (Wildman–Crippen MR) is 82.2 cm³/mol. The van der Waals surface area contributed by atoms with Crippen LogP contribution in [-0.4, -0.2) is 22.2 Å². The summed E-state index contributed by atoms with van der Waals surface area (Å²) < 4.78 is 6.09. The molecule has 0 aromatic carbocycles. The van der Waals surface area contributed by atoms with Gasteiger partial charge in [0.25, 0.3) is 0 Å². The number of carboxylic acid groups (broad SMARTS) is 1. The van der Waals surface area contributed by atoms with Gasteiger partial charge in [-0.3, -0.25) is 0 Å². The van der Waals surface area contributed by atoms with Gasteiger partial charge in [-0.2, -0.15) is 0 Å². The van der Waals surface area contributed by atoms with Crippen LogP contribution in [0.15, 0.2) is 18.2 Å². The summed E-state index contributed by atoms with van der Waals surface area (Å²) >= 11 is 0. The molecule has 4 nitrogen and oxygen atoms in total. The van der Waals surface area contributed by atoms with E-state index in [2.05, 4.69) is 18.8 Å². The molecule has 0 amide bonds. The van der Waals surface area contributed by atoms with Crippen molar-refractivity contribution in [2.75, 3.05) is 0 Å². The van der Waals surface area contributed by atoms with Crippen LogP contribution >= 0.6 is 0 Å². The van der Waals surface area contributed by atoms with Crippen LogP contribution in [0.4, 0.5) is 0 Å². The number of nitrogens with zero attached hydrogens (tertiary/aromatic N) is 1. The molecule has 3 unspecified atom stereocenters. The van der Waals surface area contributed by atoms with Crippen LogP contribution in [0.2, 0.25) is 0 Å². The number of hydrogen-bond acceptors (Lipinski definition) is 3. The monoisotopic (exact) mass is 289 g/mol. The average molecular weight is 289 g/mol. The SMILES string of the molecule is Cc1ccc(OC2CCC(C)C(C)C2)c(C=CC(=O)O)n1. The third kappa shape index (κ3) is 4.31. The second-order valence-corrected chi connectivity index (χ2v) is 6.02. The highest BCUT2D eigenvalue weighted by molar-refractivity contribution is 5.85. The van der Waals surface area contributed by atoms with Gasteiger partial charge in [-0.25, -0.2) is 9.78 Å². The van der Waals surface area contributed by atoms with Crippen LogP contribution in [0.3, 0.4) is 0 Å². The predicted octanol–water partition coefficient (Wildman–Crippen LogP) is 3.69. The Morgan fingerprint density at radius 2 is 2.10 bits per heavy atom. The Balaban J connectivity index is 2.14. The van der Waals surface area contributed by atoms with E-state index >= 15 is 0 Å². The van der Waals surface area contributed by atoms with Crippen LogP contribution in [0.5, 0.6) is 5.75 Å². The van der Waals surface area contributed by atoms with Gasteiger partial charge in [0.1, 0.15) is 11.4 Å². The molecule has 0 aliphatic heterocycles. The standard InChI is InChI=1S/C17H23NO3/c1-11-4-6-14(10-12(11)2)21-16-8-5-13(3)18-15(16)7-9-17(19)20/h5,7-9,11-12,14H,4,6,10H2,1-3H3,(H,19,20). The van der Waals surface area contributed by atoms with Crippen LogP contribution in [0.25, 0.3) is 6.08 Å². The fourth-order valence-corrected chi connectivity index (χ4v) is 2.72. The number of hydrogen-bond donors (Lipinski definition) is 1. The Labute approximate surface area is 125 Å². The van der Waals surface area contributed by atoms with Crippen molar-refractivity contribution in [3.05, 3.63) is 29.6 Å². The molecule has 1 aromatic rings. The van der Waals surface area contributed by atoms with Crippen molar-refractivity contribution in [3.63, 3.8) is 0 Å². The number of carboxylic acids is 1. The van der Waals surface area contributed by atoms with E-state index in [4.69, 9.17) is 9.84 Å². The minimum Gasteiger partial charge on any atom is -0.488 e. The molecule has 4 heteroatoms. The van der Waals surface area contributed by atoms with E-state index < -0.39 is 5.97 Å². The quantitative estimate of drug-likeness (QED) is 0.859. The van der Waals surface area contributed by atoms with E-state index in [9.17, 15) is 4.79 Å². The lowest BCUT2D eigenvalue weighted by atomic mass is 9.80. The van der Waals surface area contributed by atoms with Crippen LogP contribution in [0, 0.1) is 18.8 Å². The molecule has 1 N–H and O–H groups in total. The average Bonchev–Trinajstić information content (AvgIpc) is 2.43. The molecule has 1 fully saturated rings. The molecule has 1 aliphatic rings. The molecule has 1 heterocycles. The fraction of sp³-hybridized carbons (Fsp3) is 0.529. The van der Waals surface area contributed by atoms with E-state index in [0.717, 1.165) is 30.5 Å². The lowest BCUT2D eigenvalue weighted by Crippen LogP contribution is -2.29. The fourth-order valence-electron chi connectivity index (χ4n) is 2.72. The number of aryl methyl sites for hydroxylation is 1. The van der Waals surface area contributed by atoms with Crippen molar-refractivity contribution in [3.8, 4) is 5.75 Å². The van der Waals surface area contributed by atoms with Gasteiger partial charge in [-0.15, -0.1) is 0 Å². The number of pyridine rings is 1. The van der Waals surface area contributed by atoms with E-state index in [-0.39, 0.29) is 6.10 Å². The number of rotatable bonds is 4. The van der Waals surface area contributed by atoms with Gasteiger partial charge in [0.2, 0.25) is 0 Å². The first-order chi connectivity index (χ1) is 9.95. The van der Waals surface area contributed by atoms with E-state index in [0.29, 0.717) is 17.4 Å². The smallest absolute Gasteiger partial charge is 0.328 e. The number of aromatic nitrogens is 1. The van der Waals surface area contributed by atoms with E-state index in [1.807, 2.05) is 19.1 Å². The van der Waals surface area contributed by atoms with Gasteiger partial charge in [0.15, 0.2) is 0 Å². The largest absolute Gasteiger partial charge is 0.488 e. The molecule has 1 aromatic heterocycles. The van der Waals surface area contributed by atoms with E-state index in [1.54, 1.807) is 0 Å². The Hall–Kier alpha value is -1.84. The Bertz CT molecular complexity index is 539. The zero-order chi connectivity index (χ0) is 15.4. The highest BCUT2D eigenvalue weighted by atomic mass is 16.5. The summed E-state index contributed by atoms with van der Waals surface area (Å²) in [4.78, 5) is 15.1. The zero-order valence-electron chi connectivity index (χ0n) is 12.9. The van der Waals surface area contributed by atoms with Gasteiger partial charge in [-0.05, 0) is 56.2 Å². The summed E-state index contributed by atoms with van der Waals surface area (Å²) in [6.07, 6.45) is 6.04. The molecule has 2 rings (SSSR count). The summed E-state index contributed by atoms with van der Waals surface area (Å²) in [7, 11) is 0. The van der Waals surface area contributed by atoms with E-state index in [1.165, 1.54) is 12.5 Å². The first-order valence-corrected chi connectivity index (χ1v) is 7.51. The third-order valence-electron chi connectivity index (χ3n) is 4.25. The van der Waals surface area contributed by atoms with Crippen molar-refractivity contribution in [2.45, 2.75) is 46.1 Å². The zero-order valence-corrected chi connectivity index (χ0v) is 12.9. The molecule has 21 heavy (non-hydrogen) atoms. The first-order valence-electron chi connectivity index (χ1n) is 7.51. The van der Waals surface area contributed by atoms with Gasteiger partial charge in [0, 0.05) is 11.8 Å². The maximum absolute atomic E-state index is 10.7. The molecule has 114 valence electrons. The molecule has 1 aliphatic carbocycles. The van der Waals surface area contributed by atoms with Crippen molar-refractivity contribution in [1.29, 1.82) is 0 Å². The third-order valence-corrected chi connectivity index (χ3v) is 4.25. The highest BCUT2D eigenvalue weighted by Crippen LogP contribution is 2.32. The molecule has 0 bridgehead atoms. The number of aliphatic carboxylic acids is 1. The maximum atomic E-state index is 10.7. The molecule has 1 saturated carbocycles. The topological polar surface area (TPSA) is 59.4 Å². The number of ether oxygens (including phenoxy) is 1. The minimum atomic E-state index is -0.982. The summed E-state index contributed by atoms with van der Waals surface area (Å²) in [6.45, 7) is 6.43.